The van der Waals surface area contributed by atoms with Gasteiger partial charge in [0.05, 0.1) is 19.9 Å². The highest BCUT2D eigenvalue weighted by atomic mass is 32.1. The fraction of sp³-hybridized carbons (Fsp3) is 0.143. The molecule has 0 aliphatic carbocycles. The fourth-order valence-corrected chi connectivity index (χ4v) is 3.11. The first-order valence-electron chi connectivity index (χ1n) is 8.85. The standard InChI is InChI=1S/C21H18N2O5S/c1-25-18-6-2-3-7-19(18)27-13-16-9-8-14(28-16)11-17-20(24)23(21(29)22-17)12-15-5-4-10-26-15/h2-11H,12-13H2,1H3,(H,22,29)/b17-11+. The predicted octanol–water partition coefficient (Wildman–Crippen LogP) is 3.72. The summed E-state index contributed by atoms with van der Waals surface area (Å²) in [5.41, 5.74) is 0.341. The number of carbonyl (C=O) groups excluding carboxylic acids is 1. The Balaban J connectivity index is 1.42. The van der Waals surface area contributed by atoms with Crippen LogP contribution in [0.15, 0.2) is 69.3 Å². The molecule has 0 saturated carbocycles. The number of carbonyl (C=O) groups is 1. The van der Waals surface area contributed by atoms with Crippen molar-refractivity contribution in [1.29, 1.82) is 0 Å². The molecular formula is C21H18N2O5S. The van der Waals surface area contributed by atoms with E-state index < -0.39 is 0 Å². The minimum absolute atomic E-state index is 0.230. The maximum atomic E-state index is 12.6. The first kappa shape index (κ1) is 18.8. The fourth-order valence-electron chi connectivity index (χ4n) is 2.85. The van der Waals surface area contributed by atoms with Gasteiger partial charge in [0.1, 0.15) is 29.6 Å². The van der Waals surface area contributed by atoms with E-state index in [2.05, 4.69) is 5.32 Å². The van der Waals surface area contributed by atoms with E-state index in [1.165, 1.54) is 4.90 Å². The highest BCUT2D eigenvalue weighted by Gasteiger charge is 2.31. The lowest BCUT2D eigenvalue weighted by atomic mass is 10.3. The van der Waals surface area contributed by atoms with Crippen LogP contribution in [0.4, 0.5) is 0 Å². The van der Waals surface area contributed by atoms with Crippen LogP contribution >= 0.6 is 12.2 Å². The van der Waals surface area contributed by atoms with Crippen LogP contribution in [0.2, 0.25) is 0 Å². The zero-order valence-corrected chi connectivity index (χ0v) is 16.4. The molecule has 1 amide bonds. The SMILES string of the molecule is COc1ccccc1OCc1ccc(/C=C2/NC(=S)N(Cc3ccco3)C2=O)o1. The number of para-hydroxylation sites is 2. The molecule has 3 aromatic rings. The van der Waals surface area contributed by atoms with Gasteiger partial charge in [-0.3, -0.25) is 9.69 Å². The second kappa shape index (κ2) is 8.24. The molecule has 0 unspecified atom stereocenters. The normalized spacial score (nSPS) is 15.1. The van der Waals surface area contributed by atoms with Crippen molar-refractivity contribution >= 4 is 29.3 Å². The van der Waals surface area contributed by atoms with Crippen LogP contribution in [0.1, 0.15) is 17.3 Å². The maximum absolute atomic E-state index is 12.6. The van der Waals surface area contributed by atoms with E-state index in [0.717, 1.165) is 0 Å². The number of furan rings is 2. The van der Waals surface area contributed by atoms with E-state index in [-0.39, 0.29) is 19.1 Å². The van der Waals surface area contributed by atoms with Crippen LogP contribution in [-0.2, 0) is 17.9 Å². The summed E-state index contributed by atoms with van der Waals surface area (Å²) in [6.07, 6.45) is 3.17. The van der Waals surface area contributed by atoms with E-state index in [9.17, 15) is 4.79 Å². The maximum Gasteiger partial charge on any atom is 0.277 e. The summed E-state index contributed by atoms with van der Waals surface area (Å²) in [5.74, 6) is 2.81. The number of thiocarbonyl (C=S) groups is 1. The van der Waals surface area contributed by atoms with Gasteiger partial charge in [0.2, 0.25) is 0 Å². The molecule has 7 nitrogen and oxygen atoms in total. The Kier molecular flexibility index (Phi) is 5.35. The molecule has 3 heterocycles. The zero-order chi connectivity index (χ0) is 20.2. The van der Waals surface area contributed by atoms with Gasteiger partial charge in [-0.2, -0.15) is 0 Å². The molecule has 1 aliphatic rings. The highest BCUT2D eigenvalue weighted by Crippen LogP contribution is 2.27. The van der Waals surface area contributed by atoms with Gasteiger partial charge in [-0.05, 0) is 48.6 Å². The van der Waals surface area contributed by atoms with Crippen LogP contribution < -0.4 is 14.8 Å². The molecule has 2 aromatic heterocycles. The molecule has 29 heavy (non-hydrogen) atoms. The predicted molar refractivity (Wildman–Crippen MR) is 109 cm³/mol. The Morgan fingerprint density at radius 2 is 1.93 bits per heavy atom. The highest BCUT2D eigenvalue weighted by molar-refractivity contribution is 7.80. The molecule has 4 rings (SSSR count). The van der Waals surface area contributed by atoms with E-state index in [1.807, 2.05) is 24.3 Å². The first-order valence-corrected chi connectivity index (χ1v) is 9.26. The summed E-state index contributed by atoms with van der Waals surface area (Å²) >= 11 is 5.26. The summed E-state index contributed by atoms with van der Waals surface area (Å²) in [6.45, 7) is 0.499. The van der Waals surface area contributed by atoms with Crippen molar-refractivity contribution in [1.82, 2.24) is 10.2 Å². The molecule has 148 valence electrons. The lowest BCUT2D eigenvalue weighted by Gasteiger charge is -2.11. The second-order valence-corrected chi connectivity index (χ2v) is 6.59. The molecule has 1 fully saturated rings. The number of benzene rings is 1. The zero-order valence-electron chi connectivity index (χ0n) is 15.6. The molecule has 8 heteroatoms. The van der Waals surface area contributed by atoms with Crippen molar-refractivity contribution in [3.63, 3.8) is 0 Å². The Labute approximate surface area is 172 Å². The van der Waals surface area contributed by atoms with Crippen LogP contribution in [0.5, 0.6) is 11.5 Å². The van der Waals surface area contributed by atoms with Crippen molar-refractivity contribution in [3.05, 3.63) is 77.8 Å². The van der Waals surface area contributed by atoms with Gasteiger partial charge < -0.3 is 23.6 Å². The largest absolute Gasteiger partial charge is 0.493 e. The number of nitrogens with one attached hydrogen (secondary N) is 1. The van der Waals surface area contributed by atoms with Gasteiger partial charge in [0.25, 0.3) is 5.91 Å². The molecule has 1 N–H and O–H groups in total. The first-order chi connectivity index (χ1) is 14.1. The lowest BCUT2D eigenvalue weighted by Crippen LogP contribution is -2.29. The number of hydrogen-bond acceptors (Lipinski definition) is 6. The number of nitrogens with zero attached hydrogens (tertiary/aromatic N) is 1. The number of hydrogen-bond donors (Lipinski definition) is 1. The van der Waals surface area contributed by atoms with Gasteiger partial charge >= 0.3 is 0 Å². The lowest BCUT2D eigenvalue weighted by molar-refractivity contribution is -0.122. The number of amides is 1. The molecule has 1 saturated heterocycles. The summed E-state index contributed by atoms with van der Waals surface area (Å²) in [6, 6.07) is 14.5. The second-order valence-electron chi connectivity index (χ2n) is 6.20. The Bertz CT molecular complexity index is 1050. The van der Waals surface area contributed by atoms with E-state index in [0.29, 0.717) is 39.6 Å². The number of rotatable bonds is 7. The van der Waals surface area contributed by atoms with E-state index in [1.54, 1.807) is 43.7 Å². The van der Waals surface area contributed by atoms with Crippen LogP contribution in [0, 0.1) is 0 Å². The van der Waals surface area contributed by atoms with E-state index >= 15 is 0 Å². The average Bonchev–Trinajstić information content (AvgIpc) is 3.46. The quantitative estimate of drug-likeness (QED) is 0.470. The molecule has 0 spiro atoms. The third-order valence-corrected chi connectivity index (χ3v) is 4.59. The van der Waals surface area contributed by atoms with Crippen molar-refractivity contribution in [3.8, 4) is 11.5 Å². The Morgan fingerprint density at radius 3 is 2.69 bits per heavy atom. The van der Waals surface area contributed by atoms with Gasteiger partial charge in [-0.15, -0.1) is 0 Å². The molecule has 1 aromatic carbocycles. The topological polar surface area (TPSA) is 77.1 Å². The smallest absolute Gasteiger partial charge is 0.277 e. The minimum atomic E-state index is -0.241. The molecular weight excluding hydrogens is 392 g/mol. The molecule has 0 radical (unpaired) electrons. The van der Waals surface area contributed by atoms with E-state index in [4.69, 9.17) is 30.5 Å². The van der Waals surface area contributed by atoms with Crippen molar-refractivity contribution in [2.75, 3.05) is 7.11 Å². The minimum Gasteiger partial charge on any atom is -0.493 e. The molecule has 0 bridgehead atoms. The summed E-state index contributed by atoms with van der Waals surface area (Å²) in [5, 5.41) is 3.24. The Hall–Kier alpha value is -3.52. The van der Waals surface area contributed by atoms with Crippen LogP contribution in [-0.4, -0.2) is 23.0 Å². The summed E-state index contributed by atoms with van der Waals surface area (Å²) in [4.78, 5) is 14.1. The van der Waals surface area contributed by atoms with Gasteiger partial charge in [0, 0.05) is 6.08 Å². The monoisotopic (exact) mass is 410 g/mol. The summed E-state index contributed by atoms with van der Waals surface area (Å²) < 4.78 is 22.0. The van der Waals surface area contributed by atoms with Crippen molar-refractivity contribution < 1.29 is 23.1 Å². The van der Waals surface area contributed by atoms with Crippen LogP contribution in [0.25, 0.3) is 6.08 Å². The van der Waals surface area contributed by atoms with Gasteiger partial charge in [-0.1, -0.05) is 12.1 Å². The summed E-state index contributed by atoms with van der Waals surface area (Å²) in [7, 11) is 1.59. The third kappa shape index (κ3) is 4.17. The van der Waals surface area contributed by atoms with Crippen molar-refractivity contribution in [2.45, 2.75) is 13.2 Å². The van der Waals surface area contributed by atoms with Gasteiger partial charge in [-0.25, -0.2) is 0 Å². The number of ether oxygens (including phenoxy) is 2. The van der Waals surface area contributed by atoms with Crippen molar-refractivity contribution in [2.24, 2.45) is 0 Å². The third-order valence-electron chi connectivity index (χ3n) is 4.26. The Morgan fingerprint density at radius 1 is 1.10 bits per heavy atom. The molecule has 0 atom stereocenters. The molecule has 1 aliphatic heterocycles. The number of methoxy groups -OCH3 is 1. The average molecular weight is 410 g/mol. The van der Waals surface area contributed by atoms with Gasteiger partial charge in [0.15, 0.2) is 16.6 Å². The van der Waals surface area contributed by atoms with Crippen LogP contribution in [0.3, 0.4) is 0 Å².